The molecule has 2 aromatic rings. The zero-order chi connectivity index (χ0) is 14.5. The molecule has 2 aromatic carbocycles. The van der Waals surface area contributed by atoms with Crippen LogP contribution in [0.1, 0.15) is 16.7 Å². The number of hydrogen-bond donors (Lipinski definition) is 0. The molecule has 0 fully saturated rings. The number of benzene rings is 2. The Labute approximate surface area is 123 Å². The number of rotatable bonds is 5. The molecule has 0 spiro atoms. The molecule has 1 atom stereocenters. The SMILES string of the molecule is Cc1cccc(CC(CCl)Cc2c(F)cccc2F)c1. The fourth-order valence-corrected chi connectivity index (χ4v) is 2.59. The largest absolute Gasteiger partial charge is 0.207 e. The van der Waals surface area contributed by atoms with E-state index in [0.717, 1.165) is 12.0 Å². The summed E-state index contributed by atoms with van der Waals surface area (Å²) in [5.74, 6) is -0.597. The van der Waals surface area contributed by atoms with Gasteiger partial charge in [-0.05, 0) is 43.4 Å². The van der Waals surface area contributed by atoms with Crippen molar-refractivity contribution in [1.29, 1.82) is 0 Å². The Morgan fingerprint density at radius 2 is 1.65 bits per heavy atom. The molecule has 0 saturated heterocycles. The van der Waals surface area contributed by atoms with Crippen molar-refractivity contribution < 1.29 is 8.78 Å². The maximum Gasteiger partial charge on any atom is 0.129 e. The van der Waals surface area contributed by atoms with Crippen LogP contribution in [0.3, 0.4) is 0 Å². The van der Waals surface area contributed by atoms with Crippen LogP contribution in [0.5, 0.6) is 0 Å². The van der Waals surface area contributed by atoms with E-state index in [0.29, 0.717) is 12.3 Å². The lowest BCUT2D eigenvalue weighted by molar-refractivity contribution is 0.508. The molecular weight excluding hydrogens is 278 g/mol. The predicted molar refractivity (Wildman–Crippen MR) is 79.2 cm³/mol. The van der Waals surface area contributed by atoms with Crippen LogP contribution >= 0.6 is 11.6 Å². The zero-order valence-electron chi connectivity index (χ0n) is 11.4. The van der Waals surface area contributed by atoms with Gasteiger partial charge < -0.3 is 0 Å². The van der Waals surface area contributed by atoms with E-state index in [4.69, 9.17) is 11.6 Å². The molecule has 20 heavy (non-hydrogen) atoms. The highest BCUT2D eigenvalue weighted by Crippen LogP contribution is 2.21. The summed E-state index contributed by atoms with van der Waals surface area (Å²) in [6.07, 6.45) is 1.04. The summed E-state index contributed by atoms with van der Waals surface area (Å²) in [4.78, 5) is 0. The molecule has 0 bridgehead atoms. The van der Waals surface area contributed by atoms with Crippen molar-refractivity contribution in [2.75, 3.05) is 5.88 Å². The van der Waals surface area contributed by atoms with Crippen LogP contribution in [0.2, 0.25) is 0 Å². The first-order valence-electron chi connectivity index (χ1n) is 6.64. The fourth-order valence-electron chi connectivity index (χ4n) is 2.37. The lowest BCUT2D eigenvalue weighted by Crippen LogP contribution is -2.12. The van der Waals surface area contributed by atoms with E-state index in [1.54, 1.807) is 0 Å². The maximum atomic E-state index is 13.7. The summed E-state index contributed by atoms with van der Waals surface area (Å²) in [5.41, 5.74) is 2.45. The van der Waals surface area contributed by atoms with E-state index in [1.807, 2.05) is 25.1 Å². The van der Waals surface area contributed by atoms with Gasteiger partial charge in [-0.15, -0.1) is 11.6 Å². The van der Waals surface area contributed by atoms with Crippen molar-refractivity contribution in [1.82, 2.24) is 0 Å². The Kier molecular flexibility index (Phi) is 5.13. The van der Waals surface area contributed by atoms with Crippen LogP contribution in [-0.4, -0.2) is 5.88 Å². The first-order chi connectivity index (χ1) is 9.60. The molecule has 0 nitrogen and oxygen atoms in total. The van der Waals surface area contributed by atoms with Gasteiger partial charge in [-0.2, -0.15) is 0 Å². The van der Waals surface area contributed by atoms with Crippen LogP contribution in [0.4, 0.5) is 8.78 Å². The molecule has 0 aliphatic rings. The summed E-state index contributed by atoms with van der Waals surface area (Å²) in [6, 6.07) is 12.1. The Morgan fingerprint density at radius 1 is 1.00 bits per heavy atom. The first-order valence-corrected chi connectivity index (χ1v) is 7.18. The maximum absolute atomic E-state index is 13.7. The topological polar surface area (TPSA) is 0 Å². The predicted octanol–water partition coefficient (Wildman–Crippen LogP) is 4.91. The number of halogens is 3. The fraction of sp³-hybridized carbons (Fsp3) is 0.294. The molecule has 0 aromatic heterocycles. The van der Waals surface area contributed by atoms with Crippen molar-refractivity contribution in [3.8, 4) is 0 Å². The molecule has 106 valence electrons. The van der Waals surface area contributed by atoms with Gasteiger partial charge in [-0.1, -0.05) is 35.9 Å². The third-order valence-corrected chi connectivity index (χ3v) is 3.82. The molecule has 0 aliphatic heterocycles. The van der Waals surface area contributed by atoms with E-state index < -0.39 is 11.6 Å². The first kappa shape index (κ1) is 15.0. The van der Waals surface area contributed by atoms with Gasteiger partial charge in [0.2, 0.25) is 0 Å². The summed E-state index contributed by atoms with van der Waals surface area (Å²) in [5, 5.41) is 0. The second-order valence-electron chi connectivity index (χ2n) is 5.12. The molecule has 0 N–H and O–H groups in total. The number of hydrogen-bond acceptors (Lipinski definition) is 0. The van der Waals surface area contributed by atoms with Crippen molar-refractivity contribution >= 4 is 11.6 Å². The third kappa shape index (κ3) is 3.80. The highest BCUT2D eigenvalue weighted by Gasteiger charge is 2.15. The van der Waals surface area contributed by atoms with E-state index in [1.165, 1.54) is 23.8 Å². The van der Waals surface area contributed by atoms with Crippen LogP contribution in [0, 0.1) is 24.5 Å². The highest BCUT2D eigenvalue weighted by atomic mass is 35.5. The van der Waals surface area contributed by atoms with Crippen LogP contribution < -0.4 is 0 Å². The lowest BCUT2D eigenvalue weighted by Gasteiger charge is -2.15. The monoisotopic (exact) mass is 294 g/mol. The third-order valence-electron chi connectivity index (χ3n) is 3.38. The standard InChI is InChI=1S/C17H17ClF2/c1-12-4-2-5-13(8-12)9-14(11-18)10-15-16(19)6-3-7-17(15)20/h2-8,14H,9-11H2,1H3. The minimum absolute atomic E-state index is 0.0184. The van der Waals surface area contributed by atoms with Crippen LogP contribution in [0.15, 0.2) is 42.5 Å². The highest BCUT2D eigenvalue weighted by molar-refractivity contribution is 6.18. The summed E-state index contributed by atoms with van der Waals surface area (Å²) >= 11 is 5.97. The van der Waals surface area contributed by atoms with Crippen molar-refractivity contribution in [2.45, 2.75) is 19.8 Å². The average Bonchev–Trinajstić information content (AvgIpc) is 2.42. The van der Waals surface area contributed by atoms with Crippen molar-refractivity contribution in [3.05, 3.63) is 70.8 Å². The minimum atomic E-state index is -0.496. The van der Waals surface area contributed by atoms with Crippen LogP contribution in [-0.2, 0) is 12.8 Å². The Bertz CT molecular complexity index is 561. The van der Waals surface area contributed by atoms with Gasteiger partial charge in [0, 0.05) is 11.4 Å². The molecular formula is C17H17ClF2. The second kappa shape index (κ2) is 6.85. The Balaban J connectivity index is 2.13. The van der Waals surface area contributed by atoms with Gasteiger partial charge in [0.25, 0.3) is 0 Å². The minimum Gasteiger partial charge on any atom is -0.207 e. The summed E-state index contributed by atoms with van der Waals surface area (Å²) < 4.78 is 27.3. The van der Waals surface area contributed by atoms with E-state index >= 15 is 0 Å². The van der Waals surface area contributed by atoms with Gasteiger partial charge in [0.1, 0.15) is 11.6 Å². The quantitative estimate of drug-likeness (QED) is 0.687. The Hall–Kier alpha value is -1.41. The van der Waals surface area contributed by atoms with Crippen LogP contribution in [0.25, 0.3) is 0 Å². The molecule has 0 aliphatic carbocycles. The summed E-state index contributed by atoms with van der Waals surface area (Å²) in [6.45, 7) is 2.02. The van der Waals surface area contributed by atoms with Gasteiger partial charge >= 0.3 is 0 Å². The second-order valence-corrected chi connectivity index (χ2v) is 5.43. The molecule has 0 amide bonds. The molecule has 0 saturated carbocycles. The lowest BCUT2D eigenvalue weighted by atomic mass is 9.93. The molecule has 1 unspecified atom stereocenters. The van der Waals surface area contributed by atoms with E-state index in [-0.39, 0.29) is 11.5 Å². The van der Waals surface area contributed by atoms with E-state index in [9.17, 15) is 8.78 Å². The smallest absolute Gasteiger partial charge is 0.129 e. The normalized spacial score (nSPS) is 12.4. The molecule has 3 heteroatoms. The average molecular weight is 295 g/mol. The van der Waals surface area contributed by atoms with Gasteiger partial charge in [0.15, 0.2) is 0 Å². The van der Waals surface area contributed by atoms with Gasteiger partial charge in [-0.25, -0.2) is 8.78 Å². The van der Waals surface area contributed by atoms with E-state index in [2.05, 4.69) is 6.07 Å². The summed E-state index contributed by atoms with van der Waals surface area (Å²) in [7, 11) is 0. The van der Waals surface area contributed by atoms with Gasteiger partial charge in [0.05, 0.1) is 0 Å². The van der Waals surface area contributed by atoms with Gasteiger partial charge in [-0.3, -0.25) is 0 Å². The Morgan fingerprint density at radius 3 is 2.25 bits per heavy atom. The molecule has 0 heterocycles. The number of alkyl halides is 1. The molecule has 0 radical (unpaired) electrons. The number of aryl methyl sites for hydroxylation is 1. The van der Waals surface area contributed by atoms with Crippen molar-refractivity contribution in [2.24, 2.45) is 5.92 Å². The van der Waals surface area contributed by atoms with Crippen molar-refractivity contribution in [3.63, 3.8) is 0 Å². The molecule has 2 rings (SSSR count). The zero-order valence-corrected chi connectivity index (χ0v) is 12.1.